The second-order valence-electron chi connectivity index (χ2n) is 5.23. The maximum Gasteiger partial charge on any atom is 0.222 e. The Morgan fingerprint density at radius 2 is 1.95 bits per heavy atom. The van der Waals surface area contributed by atoms with Crippen LogP contribution in [0.1, 0.15) is 44.1 Å². The van der Waals surface area contributed by atoms with E-state index in [1.54, 1.807) is 7.11 Å². The highest BCUT2D eigenvalue weighted by Gasteiger charge is 2.30. The molecule has 0 bridgehead atoms. The van der Waals surface area contributed by atoms with Gasteiger partial charge in [0.25, 0.3) is 0 Å². The largest absolute Gasteiger partial charge is 0.497 e. The van der Waals surface area contributed by atoms with Crippen molar-refractivity contribution in [3.05, 3.63) is 29.8 Å². The molecule has 3 nitrogen and oxygen atoms in total. The Morgan fingerprint density at radius 3 is 2.53 bits per heavy atom. The molecule has 3 heteroatoms. The summed E-state index contributed by atoms with van der Waals surface area (Å²) in [5.41, 5.74) is 1.30. The van der Waals surface area contributed by atoms with E-state index in [0.29, 0.717) is 18.2 Å². The first-order chi connectivity index (χ1) is 9.24. The second-order valence-corrected chi connectivity index (χ2v) is 5.23. The maximum absolute atomic E-state index is 11.9. The fraction of sp³-hybridized carbons (Fsp3) is 0.562. The number of carbonyl (C=O) groups is 1. The smallest absolute Gasteiger partial charge is 0.222 e. The predicted octanol–water partition coefficient (Wildman–Crippen LogP) is 3.20. The molecule has 1 amide bonds. The quantitative estimate of drug-likeness (QED) is 0.736. The van der Waals surface area contributed by atoms with Gasteiger partial charge in [-0.05, 0) is 24.1 Å². The summed E-state index contributed by atoms with van der Waals surface area (Å²) in [5, 5.41) is 0. The van der Waals surface area contributed by atoms with E-state index in [-0.39, 0.29) is 0 Å². The van der Waals surface area contributed by atoms with Crippen LogP contribution in [0.15, 0.2) is 24.3 Å². The molecular weight excluding hydrogens is 238 g/mol. The monoisotopic (exact) mass is 261 g/mol. The molecule has 0 aromatic heterocycles. The molecule has 1 aliphatic heterocycles. The first-order valence-corrected chi connectivity index (χ1v) is 7.16. The van der Waals surface area contributed by atoms with Crippen molar-refractivity contribution < 1.29 is 9.53 Å². The molecule has 0 unspecified atom stereocenters. The number of methoxy groups -OCH3 is 1. The van der Waals surface area contributed by atoms with Crippen LogP contribution in [0.4, 0.5) is 0 Å². The van der Waals surface area contributed by atoms with Gasteiger partial charge in [-0.3, -0.25) is 4.79 Å². The average Bonchev–Trinajstić information content (AvgIpc) is 2.38. The van der Waals surface area contributed by atoms with E-state index < -0.39 is 0 Å². The third-order valence-corrected chi connectivity index (χ3v) is 3.82. The van der Waals surface area contributed by atoms with E-state index >= 15 is 0 Å². The van der Waals surface area contributed by atoms with Gasteiger partial charge in [0.2, 0.25) is 5.91 Å². The minimum Gasteiger partial charge on any atom is -0.497 e. The van der Waals surface area contributed by atoms with Crippen LogP contribution in [0.3, 0.4) is 0 Å². The normalized spacial score (nSPS) is 15.2. The van der Waals surface area contributed by atoms with E-state index in [0.717, 1.165) is 31.7 Å². The van der Waals surface area contributed by atoms with E-state index in [9.17, 15) is 4.79 Å². The third-order valence-electron chi connectivity index (χ3n) is 3.82. The molecule has 1 saturated heterocycles. The standard InChI is InChI=1S/C16H23NO2/c1-3-4-5-6-16(18)17-11-14(12-17)13-7-9-15(19-2)10-8-13/h7-10,14H,3-6,11-12H2,1-2H3. The molecule has 0 saturated carbocycles. The molecule has 0 spiro atoms. The number of ether oxygens (including phenoxy) is 1. The van der Waals surface area contributed by atoms with Gasteiger partial charge in [-0.2, -0.15) is 0 Å². The van der Waals surface area contributed by atoms with Crippen LogP contribution in [0.5, 0.6) is 5.75 Å². The lowest BCUT2D eigenvalue weighted by atomic mass is 9.91. The number of likely N-dealkylation sites (tertiary alicyclic amines) is 1. The number of benzene rings is 1. The van der Waals surface area contributed by atoms with Gasteiger partial charge in [-0.15, -0.1) is 0 Å². The molecule has 0 radical (unpaired) electrons. The number of nitrogens with zero attached hydrogens (tertiary/aromatic N) is 1. The summed E-state index contributed by atoms with van der Waals surface area (Å²) >= 11 is 0. The molecule has 1 heterocycles. The van der Waals surface area contributed by atoms with Gasteiger partial charge < -0.3 is 9.64 Å². The van der Waals surface area contributed by atoms with Crippen molar-refractivity contribution in [2.24, 2.45) is 0 Å². The SMILES string of the molecule is CCCCCC(=O)N1CC(c2ccc(OC)cc2)C1. The van der Waals surface area contributed by atoms with Crippen LogP contribution in [0.2, 0.25) is 0 Å². The van der Waals surface area contributed by atoms with Crippen LogP contribution >= 0.6 is 0 Å². The van der Waals surface area contributed by atoms with Crippen molar-refractivity contribution in [3.63, 3.8) is 0 Å². The minimum atomic E-state index is 0.318. The summed E-state index contributed by atoms with van der Waals surface area (Å²) in [6, 6.07) is 8.17. The Balaban J connectivity index is 1.77. The molecule has 0 aliphatic carbocycles. The molecule has 0 atom stereocenters. The van der Waals surface area contributed by atoms with Gasteiger partial charge >= 0.3 is 0 Å². The molecule has 0 N–H and O–H groups in total. The van der Waals surface area contributed by atoms with Gasteiger partial charge in [0.05, 0.1) is 7.11 Å². The van der Waals surface area contributed by atoms with Crippen molar-refractivity contribution in [1.82, 2.24) is 4.90 Å². The van der Waals surface area contributed by atoms with Gasteiger partial charge in [0, 0.05) is 25.4 Å². The minimum absolute atomic E-state index is 0.318. The molecule has 2 rings (SSSR count). The van der Waals surface area contributed by atoms with E-state index in [1.807, 2.05) is 17.0 Å². The number of carbonyl (C=O) groups excluding carboxylic acids is 1. The second kappa shape index (κ2) is 6.60. The molecule has 19 heavy (non-hydrogen) atoms. The topological polar surface area (TPSA) is 29.5 Å². The number of amides is 1. The van der Waals surface area contributed by atoms with E-state index in [4.69, 9.17) is 4.74 Å². The predicted molar refractivity (Wildman–Crippen MR) is 76.5 cm³/mol. The van der Waals surface area contributed by atoms with Crippen molar-refractivity contribution >= 4 is 5.91 Å². The van der Waals surface area contributed by atoms with Gasteiger partial charge in [0.15, 0.2) is 0 Å². The van der Waals surface area contributed by atoms with Crippen LogP contribution in [-0.2, 0) is 4.79 Å². The lowest BCUT2D eigenvalue weighted by molar-refractivity contribution is -0.135. The highest BCUT2D eigenvalue weighted by atomic mass is 16.5. The first-order valence-electron chi connectivity index (χ1n) is 7.16. The van der Waals surface area contributed by atoms with Crippen molar-refractivity contribution in [2.75, 3.05) is 20.2 Å². The zero-order valence-corrected chi connectivity index (χ0v) is 11.9. The molecular formula is C16H23NO2. The lowest BCUT2D eigenvalue weighted by Crippen LogP contribution is -2.48. The Labute approximate surface area is 115 Å². The Hall–Kier alpha value is -1.51. The van der Waals surface area contributed by atoms with Gasteiger partial charge in [-0.25, -0.2) is 0 Å². The van der Waals surface area contributed by atoms with Gasteiger partial charge in [-0.1, -0.05) is 31.9 Å². The summed E-state index contributed by atoms with van der Waals surface area (Å²) in [4.78, 5) is 13.9. The number of unbranched alkanes of at least 4 members (excludes halogenated alkanes) is 2. The fourth-order valence-corrected chi connectivity index (χ4v) is 2.45. The molecule has 1 aromatic carbocycles. The highest BCUT2D eigenvalue weighted by Crippen LogP contribution is 2.28. The van der Waals surface area contributed by atoms with Crippen LogP contribution in [0.25, 0.3) is 0 Å². The summed E-state index contributed by atoms with van der Waals surface area (Å²) in [6.07, 6.45) is 4.06. The summed E-state index contributed by atoms with van der Waals surface area (Å²) in [6.45, 7) is 3.91. The van der Waals surface area contributed by atoms with E-state index in [1.165, 1.54) is 12.0 Å². The average molecular weight is 261 g/mol. The third kappa shape index (κ3) is 3.49. The fourth-order valence-electron chi connectivity index (χ4n) is 2.45. The summed E-state index contributed by atoms with van der Waals surface area (Å²) in [7, 11) is 1.68. The molecule has 1 fully saturated rings. The summed E-state index contributed by atoms with van der Waals surface area (Å²) in [5.74, 6) is 1.70. The Bertz CT molecular complexity index is 407. The lowest BCUT2D eigenvalue weighted by Gasteiger charge is -2.39. The number of rotatable bonds is 6. The van der Waals surface area contributed by atoms with Crippen LogP contribution < -0.4 is 4.74 Å². The van der Waals surface area contributed by atoms with Crippen molar-refractivity contribution in [3.8, 4) is 5.75 Å². The molecule has 104 valence electrons. The Morgan fingerprint density at radius 1 is 1.26 bits per heavy atom. The van der Waals surface area contributed by atoms with Crippen molar-refractivity contribution in [2.45, 2.75) is 38.5 Å². The maximum atomic E-state index is 11.9. The number of hydrogen-bond acceptors (Lipinski definition) is 2. The zero-order chi connectivity index (χ0) is 13.7. The Kier molecular flexibility index (Phi) is 4.83. The molecule has 1 aliphatic rings. The van der Waals surface area contributed by atoms with E-state index in [2.05, 4.69) is 19.1 Å². The van der Waals surface area contributed by atoms with Gasteiger partial charge in [0.1, 0.15) is 5.75 Å². The first kappa shape index (κ1) is 13.9. The van der Waals surface area contributed by atoms with Crippen LogP contribution in [-0.4, -0.2) is 31.0 Å². The zero-order valence-electron chi connectivity index (χ0n) is 11.9. The highest BCUT2D eigenvalue weighted by molar-refractivity contribution is 5.77. The van der Waals surface area contributed by atoms with Crippen LogP contribution in [0, 0.1) is 0 Å². The molecule has 1 aromatic rings. The summed E-state index contributed by atoms with van der Waals surface area (Å²) < 4.78 is 5.15. The van der Waals surface area contributed by atoms with Crippen molar-refractivity contribution in [1.29, 1.82) is 0 Å². The number of hydrogen-bond donors (Lipinski definition) is 0.